The molecule has 5 heteroatoms. The monoisotopic (exact) mass is 274 g/mol. The lowest BCUT2D eigenvalue weighted by Crippen LogP contribution is -2.30. The van der Waals surface area contributed by atoms with E-state index < -0.39 is 0 Å². The summed E-state index contributed by atoms with van der Waals surface area (Å²) in [4.78, 5) is 12.0. The summed E-state index contributed by atoms with van der Waals surface area (Å²) in [5.74, 6) is -0.125. The maximum atomic E-state index is 12.0. The van der Waals surface area contributed by atoms with Crippen LogP contribution < -0.4 is 10.0 Å². The number of pyridine rings is 1. The van der Waals surface area contributed by atoms with Crippen LogP contribution in [0.15, 0.2) is 59.8 Å². The number of benzene rings is 1. The van der Waals surface area contributed by atoms with E-state index in [1.807, 2.05) is 30.3 Å². The zero-order valence-corrected chi connectivity index (χ0v) is 11.3. The molecule has 0 unspecified atom stereocenters. The van der Waals surface area contributed by atoms with Crippen molar-refractivity contribution in [2.24, 2.45) is 0 Å². The van der Waals surface area contributed by atoms with Gasteiger partial charge in [0.1, 0.15) is 0 Å². The van der Waals surface area contributed by atoms with Crippen molar-refractivity contribution in [1.82, 2.24) is 0 Å². The lowest BCUT2D eigenvalue weighted by atomic mass is 10.3. The van der Waals surface area contributed by atoms with Crippen molar-refractivity contribution in [2.75, 3.05) is 5.32 Å². The van der Waals surface area contributed by atoms with Gasteiger partial charge in [-0.1, -0.05) is 18.2 Å². The number of aromatic nitrogens is 1. The van der Waals surface area contributed by atoms with Crippen LogP contribution in [0.3, 0.4) is 0 Å². The van der Waals surface area contributed by atoms with Crippen LogP contribution in [0.2, 0.25) is 0 Å². The summed E-state index contributed by atoms with van der Waals surface area (Å²) in [6, 6.07) is 14.4. The normalized spacial score (nSPS) is 11.8. The predicted molar refractivity (Wildman–Crippen MR) is 75.8 cm³/mol. The average Bonchev–Trinajstić information content (AvgIpc) is 2.42. The first-order valence-corrected chi connectivity index (χ1v) is 6.75. The lowest BCUT2D eigenvalue weighted by molar-refractivity contribution is -0.645. The minimum atomic E-state index is -0.345. The van der Waals surface area contributed by atoms with E-state index in [4.69, 9.17) is 0 Å². The van der Waals surface area contributed by atoms with Crippen LogP contribution in [0.1, 0.15) is 6.92 Å². The second-order valence-corrected chi connectivity index (χ2v) is 5.34. The van der Waals surface area contributed by atoms with Crippen LogP contribution in [-0.4, -0.2) is 11.2 Å². The van der Waals surface area contributed by atoms with Crippen molar-refractivity contribution in [2.45, 2.75) is 17.2 Å². The Morgan fingerprint density at radius 1 is 1.21 bits per heavy atom. The SMILES string of the molecule is C[C@@H](Sc1cccc[n+]1[O-])C(=O)Nc1ccccc1. The van der Waals surface area contributed by atoms with Crippen LogP contribution in [0.5, 0.6) is 0 Å². The van der Waals surface area contributed by atoms with Gasteiger partial charge in [-0.25, -0.2) is 0 Å². The average molecular weight is 274 g/mol. The maximum absolute atomic E-state index is 12.0. The summed E-state index contributed by atoms with van der Waals surface area (Å²) < 4.78 is 0.761. The fourth-order valence-electron chi connectivity index (χ4n) is 1.50. The molecule has 0 saturated carbocycles. The van der Waals surface area contributed by atoms with Crippen LogP contribution in [0.4, 0.5) is 5.69 Å². The van der Waals surface area contributed by atoms with E-state index in [-0.39, 0.29) is 11.2 Å². The Bertz CT molecular complexity index is 560. The number of para-hydroxylation sites is 1. The van der Waals surface area contributed by atoms with Crippen LogP contribution in [0, 0.1) is 5.21 Å². The largest absolute Gasteiger partial charge is 0.618 e. The van der Waals surface area contributed by atoms with E-state index in [1.54, 1.807) is 25.1 Å². The molecule has 0 fully saturated rings. The van der Waals surface area contributed by atoms with Gasteiger partial charge >= 0.3 is 0 Å². The zero-order valence-electron chi connectivity index (χ0n) is 10.4. The van der Waals surface area contributed by atoms with Gasteiger partial charge in [-0.3, -0.25) is 4.79 Å². The number of hydrogen-bond acceptors (Lipinski definition) is 3. The summed E-state index contributed by atoms with van der Waals surface area (Å²) in [5.41, 5.74) is 0.753. The highest BCUT2D eigenvalue weighted by atomic mass is 32.2. The van der Waals surface area contributed by atoms with Crippen molar-refractivity contribution >= 4 is 23.4 Å². The van der Waals surface area contributed by atoms with Gasteiger partial charge in [-0.2, -0.15) is 4.73 Å². The molecule has 0 aliphatic heterocycles. The number of thioether (sulfide) groups is 1. The third kappa shape index (κ3) is 3.72. The van der Waals surface area contributed by atoms with Crippen molar-refractivity contribution in [1.29, 1.82) is 0 Å². The van der Waals surface area contributed by atoms with Gasteiger partial charge in [0.2, 0.25) is 5.91 Å². The Kier molecular flexibility index (Phi) is 4.41. The summed E-state index contributed by atoms with van der Waals surface area (Å²) >= 11 is 1.24. The number of carbonyl (C=O) groups is 1. The predicted octanol–water partition coefficient (Wildman–Crippen LogP) is 2.44. The molecule has 2 aromatic rings. The van der Waals surface area contributed by atoms with Gasteiger partial charge in [0.25, 0.3) is 5.03 Å². The molecule has 19 heavy (non-hydrogen) atoms. The molecule has 0 radical (unpaired) electrons. The molecule has 1 N–H and O–H groups in total. The minimum Gasteiger partial charge on any atom is -0.618 e. The first kappa shape index (κ1) is 13.4. The van der Waals surface area contributed by atoms with E-state index in [0.29, 0.717) is 5.03 Å². The molecule has 0 spiro atoms. The highest BCUT2D eigenvalue weighted by Crippen LogP contribution is 2.20. The van der Waals surface area contributed by atoms with Crippen LogP contribution in [0.25, 0.3) is 0 Å². The fraction of sp³-hybridized carbons (Fsp3) is 0.143. The van der Waals surface area contributed by atoms with Gasteiger partial charge in [-0.15, -0.1) is 0 Å². The maximum Gasteiger partial charge on any atom is 0.252 e. The van der Waals surface area contributed by atoms with Gasteiger partial charge in [0.05, 0.1) is 5.25 Å². The quantitative estimate of drug-likeness (QED) is 0.529. The molecular weight excluding hydrogens is 260 g/mol. The molecule has 1 aromatic heterocycles. The van der Waals surface area contributed by atoms with Crippen molar-refractivity contribution in [3.63, 3.8) is 0 Å². The van der Waals surface area contributed by atoms with E-state index in [0.717, 1.165) is 10.4 Å². The third-order valence-electron chi connectivity index (χ3n) is 2.50. The Hall–Kier alpha value is -2.01. The van der Waals surface area contributed by atoms with Crippen molar-refractivity contribution in [3.8, 4) is 0 Å². The number of carbonyl (C=O) groups excluding carboxylic acids is 1. The van der Waals surface area contributed by atoms with Crippen molar-refractivity contribution < 1.29 is 9.52 Å². The molecule has 2 rings (SSSR count). The van der Waals surface area contributed by atoms with Gasteiger partial charge in [0.15, 0.2) is 6.20 Å². The zero-order chi connectivity index (χ0) is 13.7. The number of amides is 1. The molecule has 1 heterocycles. The molecule has 0 aliphatic rings. The van der Waals surface area contributed by atoms with E-state index in [1.165, 1.54) is 18.0 Å². The lowest BCUT2D eigenvalue weighted by Gasteiger charge is -2.11. The highest BCUT2D eigenvalue weighted by molar-refractivity contribution is 8.00. The number of rotatable bonds is 4. The second-order valence-electron chi connectivity index (χ2n) is 3.98. The summed E-state index contributed by atoms with van der Waals surface area (Å²) in [6.45, 7) is 1.77. The van der Waals surface area contributed by atoms with E-state index in [9.17, 15) is 10.0 Å². The third-order valence-corrected chi connectivity index (χ3v) is 3.62. The molecule has 1 atom stereocenters. The first-order chi connectivity index (χ1) is 9.16. The Labute approximate surface area is 116 Å². The summed E-state index contributed by atoms with van der Waals surface area (Å²) in [7, 11) is 0. The molecule has 1 amide bonds. The molecular formula is C14H14N2O2S. The minimum absolute atomic E-state index is 0.125. The highest BCUT2D eigenvalue weighted by Gasteiger charge is 2.18. The molecule has 4 nitrogen and oxygen atoms in total. The van der Waals surface area contributed by atoms with Gasteiger partial charge in [0, 0.05) is 17.8 Å². The Morgan fingerprint density at radius 3 is 2.58 bits per heavy atom. The molecule has 98 valence electrons. The fourth-order valence-corrected chi connectivity index (χ4v) is 2.35. The molecule has 0 saturated heterocycles. The standard InChI is InChI=1S/C14H14N2O2S/c1-11(19-13-9-5-6-10-16(13)18)14(17)15-12-7-3-2-4-8-12/h2-11H,1H3,(H,15,17)/t11-/m1/s1. The van der Waals surface area contributed by atoms with Gasteiger partial charge < -0.3 is 10.5 Å². The topological polar surface area (TPSA) is 56.0 Å². The molecule has 1 aromatic carbocycles. The first-order valence-electron chi connectivity index (χ1n) is 5.87. The Balaban J connectivity index is 1.98. The number of nitrogens with one attached hydrogen (secondary N) is 1. The summed E-state index contributed by atoms with van der Waals surface area (Å²) in [5, 5.41) is 14.5. The van der Waals surface area contributed by atoms with Gasteiger partial charge in [-0.05, 0) is 36.9 Å². The Morgan fingerprint density at radius 2 is 1.89 bits per heavy atom. The number of anilines is 1. The van der Waals surface area contributed by atoms with Crippen LogP contribution >= 0.6 is 11.8 Å². The van der Waals surface area contributed by atoms with Crippen molar-refractivity contribution in [3.05, 3.63) is 59.9 Å². The van der Waals surface area contributed by atoms with E-state index >= 15 is 0 Å². The molecule has 0 bridgehead atoms. The number of nitrogens with zero attached hydrogens (tertiary/aromatic N) is 1. The summed E-state index contributed by atoms with van der Waals surface area (Å²) in [6.07, 6.45) is 1.42. The number of hydrogen-bond donors (Lipinski definition) is 1. The van der Waals surface area contributed by atoms with E-state index in [2.05, 4.69) is 5.32 Å². The second kappa shape index (κ2) is 6.24. The smallest absolute Gasteiger partial charge is 0.252 e. The molecule has 0 aliphatic carbocycles. The van der Waals surface area contributed by atoms with Crippen LogP contribution in [-0.2, 0) is 4.79 Å².